The van der Waals surface area contributed by atoms with Crippen LogP contribution in [0, 0.1) is 0 Å². The van der Waals surface area contributed by atoms with Gasteiger partial charge in [-0.1, -0.05) is 24.3 Å². The Morgan fingerprint density at radius 2 is 2.25 bits per heavy atom. The molecule has 1 aliphatic carbocycles. The molecule has 104 valence electrons. The smallest absolute Gasteiger partial charge is 0.317 e. The molecular formula is C14H14N2O4. The molecule has 6 heteroatoms. The summed E-state index contributed by atoms with van der Waals surface area (Å²) in [4.78, 5) is 27.5. The maximum absolute atomic E-state index is 11.5. The van der Waals surface area contributed by atoms with E-state index >= 15 is 0 Å². The third-order valence-electron chi connectivity index (χ3n) is 3.66. The highest BCUT2D eigenvalue weighted by molar-refractivity contribution is 5.83. The highest BCUT2D eigenvalue weighted by Gasteiger charge is 2.45. The first-order valence-corrected chi connectivity index (χ1v) is 6.35. The highest BCUT2D eigenvalue weighted by Crippen LogP contribution is 2.39. The molecule has 1 aromatic carbocycles. The fourth-order valence-electron chi connectivity index (χ4n) is 2.70. The van der Waals surface area contributed by atoms with Gasteiger partial charge in [0.2, 0.25) is 5.72 Å². The van der Waals surface area contributed by atoms with E-state index in [1.165, 1.54) is 5.56 Å². The first-order valence-electron chi connectivity index (χ1n) is 6.35. The van der Waals surface area contributed by atoms with Gasteiger partial charge in [0.1, 0.15) is 0 Å². The SMILES string of the molecule is O=CC1(NCC(=O)O)ONC2=C1CCc1ccccc12. The van der Waals surface area contributed by atoms with Crippen LogP contribution in [0.25, 0.3) is 5.70 Å². The van der Waals surface area contributed by atoms with Crippen LogP contribution in [0.5, 0.6) is 0 Å². The van der Waals surface area contributed by atoms with Crippen LogP contribution in [0.15, 0.2) is 29.8 Å². The molecule has 1 aliphatic heterocycles. The van der Waals surface area contributed by atoms with E-state index in [-0.39, 0.29) is 6.54 Å². The average molecular weight is 274 g/mol. The lowest BCUT2D eigenvalue weighted by atomic mass is 9.85. The number of carbonyl (C=O) groups excluding carboxylic acids is 1. The molecule has 3 rings (SSSR count). The van der Waals surface area contributed by atoms with E-state index in [4.69, 9.17) is 9.94 Å². The fraction of sp³-hybridized carbons (Fsp3) is 0.286. The van der Waals surface area contributed by atoms with Gasteiger partial charge in [0.25, 0.3) is 0 Å². The number of rotatable bonds is 4. The highest BCUT2D eigenvalue weighted by atomic mass is 16.7. The Morgan fingerprint density at radius 1 is 1.45 bits per heavy atom. The van der Waals surface area contributed by atoms with Crippen LogP contribution in [-0.2, 0) is 20.8 Å². The molecule has 1 unspecified atom stereocenters. The number of carboxylic acids is 1. The van der Waals surface area contributed by atoms with Crippen LogP contribution in [0.3, 0.4) is 0 Å². The zero-order valence-electron chi connectivity index (χ0n) is 10.7. The van der Waals surface area contributed by atoms with E-state index < -0.39 is 11.7 Å². The van der Waals surface area contributed by atoms with Crippen LogP contribution >= 0.6 is 0 Å². The van der Waals surface area contributed by atoms with Gasteiger partial charge in [-0.15, -0.1) is 0 Å². The molecule has 1 atom stereocenters. The Morgan fingerprint density at radius 3 is 3.00 bits per heavy atom. The zero-order chi connectivity index (χ0) is 14.2. The summed E-state index contributed by atoms with van der Waals surface area (Å²) in [7, 11) is 0. The summed E-state index contributed by atoms with van der Waals surface area (Å²) in [5.41, 5.74) is 5.08. The van der Waals surface area contributed by atoms with Gasteiger partial charge >= 0.3 is 5.97 Å². The van der Waals surface area contributed by atoms with Crippen molar-refractivity contribution in [3.8, 4) is 0 Å². The predicted octanol–water partition coefficient (Wildman–Crippen LogP) is 0.448. The first-order chi connectivity index (χ1) is 9.66. The molecular weight excluding hydrogens is 260 g/mol. The molecule has 1 heterocycles. The number of benzene rings is 1. The second-order valence-corrected chi connectivity index (χ2v) is 4.82. The van der Waals surface area contributed by atoms with E-state index in [2.05, 4.69) is 10.8 Å². The van der Waals surface area contributed by atoms with Crippen LogP contribution in [0.1, 0.15) is 17.5 Å². The van der Waals surface area contributed by atoms with Gasteiger partial charge in [0.05, 0.1) is 12.2 Å². The van der Waals surface area contributed by atoms with Gasteiger partial charge in [-0.05, 0) is 18.4 Å². The Kier molecular flexibility index (Phi) is 3.04. The van der Waals surface area contributed by atoms with E-state index in [1.54, 1.807) is 0 Å². The van der Waals surface area contributed by atoms with E-state index in [9.17, 15) is 9.59 Å². The van der Waals surface area contributed by atoms with Gasteiger partial charge in [0, 0.05) is 11.1 Å². The maximum Gasteiger partial charge on any atom is 0.317 e. The van der Waals surface area contributed by atoms with Crippen LogP contribution in [0.4, 0.5) is 0 Å². The number of aliphatic carboxylic acids is 1. The normalized spacial score (nSPS) is 23.8. The number of aryl methyl sites for hydroxylation is 1. The number of nitrogens with one attached hydrogen (secondary N) is 2. The molecule has 20 heavy (non-hydrogen) atoms. The monoisotopic (exact) mass is 274 g/mol. The molecule has 3 N–H and O–H groups in total. The van der Waals surface area contributed by atoms with Gasteiger partial charge in [-0.25, -0.2) is 4.84 Å². The number of fused-ring (bicyclic) bond motifs is 2. The third kappa shape index (κ3) is 1.90. The topological polar surface area (TPSA) is 87.7 Å². The molecule has 0 amide bonds. The molecule has 2 aliphatic rings. The van der Waals surface area contributed by atoms with Crippen molar-refractivity contribution >= 4 is 18.0 Å². The average Bonchev–Trinajstić information content (AvgIpc) is 2.85. The zero-order valence-corrected chi connectivity index (χ0v) is 10.7. The Bertz CT molecular complexity index is 611. The van der Waals surface area contributed by atoms with Crippen LogP contribution in [0.2, 0.25) is 0 Å². The summed E-state index contributed by atoms with van der Waals surface area (Å²) in [5, 5.41) is 11.4. The molecule has 0 saturated heterocycles. The minimum atomic E-state index is -1.39. The number of hydrogen-bond acceptors (Lipinski definition) is 5. The van der Waals surface area contributed by atoms with Crippen LogP contribution in [-0.4, -0.2) is 29.6 Å². The standard InChI is InChI=1S/C14H14N2O4/c17-8-14(15-7-12(18)19)11-6-5-9-3-1-2-4-10(9)13(11)16-20-14/h1-4,8,15-16H,5-7H2,(H,18,19). The number of hydroxylamine groups is 1. The second kappa shape index (κ2) is 4.73. The molecule has 0 aromatic heterocycles. The first kappa shape index (κ1) is 12.8. The van der Waals surface area contributed by atoms with Crippen molar-refractivity contribution in [1.29, 1.82) is 0 Å². The third-order valence-corrected chi connectivity index (χ3v) is 3.66. The van der Waals surface area contributed by atoms with Crippen molar-refractivity contribution < 1.29 is 19.5 Å². The Hall–Kier alpha value is -2.18. The summed E-state index contributed by atoms with van der Waals surface area (Å²) >= 11 is 0. The maximum atomic E-state index is 11.5. The van der Waals surface area contributed by atoms with Crippen molar-refractivity contribution in [1.82, 2.24) is 10.8 Å². The molecule has 6 nitrogen and oxygen atoms in total. The van der Waals surface area contributed by atoms with Gasteiger partial charge in [0.15, 0.2) is 6.29 Å². The van der Waals surface area contributed by atoms with Crippen molar-refractivity contribution in [2.75, 3.05) is 6.54 Å². The lowest BCUT2D eigenvalue weighted by Crippen LogP contribution is -2.51. The lowest BCUT2D eigenvalue weighted by molar-refractivity contribution is -0.141. The summed E-state index contributed by atoms with van der Waals surface area (Å²) < 4.78 is 0. The second-order valence-electron chi connectivity index (χ2n) is 4.82. The number of aldehydes is 1. The van der Waals surface area contributed by atoms with E-state index in [1.807, 2.05) is 24.3 Å². The van der Waals surface area contributed by atoms with Crippen molar-refractivity contribution in [2.24, 2.45) is 0 Å². The van der Waals surface area contributed by atoms with E-state index in [0.717, 1.165) is 23.3 Å². The quantitative estimate of drug-likeness (QED) is 0.691. The number of carbonyl (C=O) groups is 2. The largest absolute Gasteiger partial charge is 0.480 e. The summed E-state index contributed by atoms with van der Waals surface area (Å²) in [6.07, 6.45) is 2.05. The van der Waals surface area contributed by atoms with Crippen LogP contribution < -0.4 is 10.8 Å². The van der Waals surface area contributed by atoms with Crippen molar-refractivity contribution in [2.45, 2.75) is 18.6 Å². The minimum absolute atomic E-state index is 0.348. The van der Waals surface area contributed by atoms with Crippen molar-refractivity contribution in [3.63, 3.8) is 0 Å². The van der Waals surface area contributed by atoms with E-state index in [0.29, 0.717) is 12.7 Å². The number of hydrogen-bond donors (Lipinski definition) is 3. The lowest BCUT2D eigenvalue weighted by Gasteiger charge is -2.26. The van der Waals surface area contributed by atoms with Gasteiger partial charge in [-0.2, -0.15) is 0 Å². The molecule has 0 saturated carbocycles. The number of carboxylic acid groups (broad SMARTS) is 1. The van der Waals surface area contributed by atoms with Gasteiger partial charge in [-0.3, -0.25) is 20.4 Å². The summed E-state index contributed by atoms with van der Waals surface area (Å²) in [6, 6.07) is 7.88. The predicted molar refractivity (Wildman–Crippen MR) is 70.3 cm³/mol. The Labute approximate surface area is 115 Å². The molecule has 0 fully saturated rings. The fourth-order valence-corrected chi connectivity index (χ4v) is 2.70. The Balaban J connectivity index is 2.00. The summed E-state index contributed by atoms with van der Waals surface area (Å²) in [6.45, 7) is -0.348. The van der Waals surface area contributed by atoms with Gasteiger partial charge < -0.3 is 5.11 Å². The molecule has 0 spiro atoms. The molecule has 0 radical (unpaired) electrons. The molecule has 1 aromatic rings. The molecule has 0 bridgehead atoms. The minimum Gasteiger partial charge on any atom is -0.480 e. The summed E-state index contributed by atoms with van der Waals surface area (Å²) in [5.74, 6) is -1.04. The van der Waals surface area contributed by atoms with Crippen molar-refractivity contribution in [3.05, 3.63) is 41.0 Å².